The van der Waals surface area contributed by atoms with Gasteiger partial charge in [0.05, 0.1) is 12.7 Å². The summed E-state index contributed by atoms with van der Waals surface area (Å²) in [5.41, 5.74) is 1.24. The van der Waals surface area contributed by atoms with Crippen LogP contribution < -0.4 is 0 Å². The van der Waals surface area contributed by atoms with E-state index in [4.69, 9.17) is 4.74 Å². The van der Waals surface area contributed by atoms with Gasteiger partial charge in [0.15, 0.2) is 0 Å². The highest BCUT2D eigenvalue weighted by Gasteiger charge is 2.09. The molecule has 0 N–H and O–H groups in total. The van der Waals surface area contributed by atoms with E-state index < -0.39 is 0 Å². The molecule has 1 aromatic carbocycles. The fourth-order valence-electron chi connectivity index (χ4n) is 1.23. The molecule has 13 heavy (non-hydrogen) atoms. The highest BCUT2D eigenvalue weighted by Crippen LogP contribution is 2.18. The molecule has 68 valence electrons. The number of hydrogen-bond donors (Lipinski definition) is 0. The number of hydrogen-bond acceptors (Lipinski definition) is 2. The molecule has 1 nitrogen and oxygen atoms in total. The summed E-state index contributed by atoms with van der Waals surface area (Å²) in [7, 11) is 0. The Morgan fingerprint density at radius 1 is 1.31 bits per heavy atom. The second kappa shape index (κ2) is 4.49. The Labute approximate surface area is 82.8 Å². The summed E-state index contributed by atoms with van der Waals surface area (Å²) in [6.45, 7) is 0.719. The summed E-state index contributed by atoms with van der Waals surface area (Å²) in [5, 5.41) is 2.11. The van der Waals surface area contributed by atoms with Crippen molar-refractivity contribution < 1.29 is 4.74 Å². The normalized spacial score (nSPS) is 20.8. The van der Waals surface area contributed by atoms with E-state index >= 15 is 0 Å². The Kier molecular flexibility index (Phi) is 3.06. The molecule has 1 heterocycles. The average molecular weight is 192 g/mol. The van der Waals surface area contributed by atoms with Crippen molar-refractivity contribution in [2.45, 2.75) is 12.7 Å². The van der Waals surface area contributed by atoms with Crippen LogP contribution in [-0.2, 0) is 11.3 Å². The van der Waals surface area contributed by atoms with Crippen molar-refractivity contribution in [2.24, 2.45) is 0 Å². The molecular formula is C11H12OS. The number of thioether (sulfide) groups is 1. The van der Waals surface area contributed by atoms with E-state index in [1.165, 1.54) is 5.56 Å². The molecule has 2 rings (SSSR count). The van der Waals surface area contributed by atoms with Gasteiger partial charge in [0.25, 0.3) is 0 Å². The fraction of sp³-hybridized carbons (Fsp3) is 0.273. The van der Waals surface area contributed by atoms with Crippen molar-refractivity contribution in [2.75, 3.05) is 5.75 Å². The van der Waals surface area contributed by atoms with Gasteiger partial charge in [-0.1, -0.05) is 30.3 Å². The summed E-state index contributed by atoms with van der Waals surface area (Å²) >= 11 is 1.81. The maximum absolute atomic E-state index is 5.68. The van der Waals surface area contributed by atoms with Crippen LogP contribution in [-0.4, -0.2) is 11.9 Å². The summed E-state index contributed by atoms with van der Waals surface area (Å²) in [6.07, 6.45) is 2.43. The van der Waals surface area contributed by atoms with Crippen LogP contribution in [0.2, 0.25) is 0 Å². The molecule has 0 bridgehead atoms. The fourth-order valence-corrected chi connectivity index (χ4v) is 2.02. The lowest BCUT2D eigenvalue weighted by molar-refractivity contribution is 0.0883. The minimum Gasteiger partial charge on any atom is -0.369 e. The number of benzene rings is 1. The summed E-state index contributed by atoms with van der Waals surface area (Å²) in [4.78, 5) is 0. The van der Waals surface area contributed by atoms with E-state index in [2.05, 4.69) is 23.6 Å². The zero-order valence-electron chi connectivity index (χ0n) is 7.35. The Bertz CT molecular complexity index is 281. The first-order chi connectivity index (χ1) is 6.45. The third kappa shape index (κ3) is 2.61. The second-order valence-electron chi connectivity index (χ2n) is 3.00. The van der Waals surface area contributed by atoms with Crippen molar-refractivity contribution in [3.05, 3.63) is 47.4 Å². The highest BCUT2D eigenvalue weighted by atomic mass is 32.2. The lowest BCUT2D eigenvalue weighted by Crippen LogP contribution is -2.09. The van der Waals surface area contributed by atoms with Gasteiger partial charge in [0, 0.05) is 5.75 Å². The Balaban J connectivity index is 1.82. The molecule has 1 unspecified atom stereocenters. The molecule has 2 heteroatoms. The van der Waals surface area contributed by atoms with Crippen LogP contribution in [0.3, 0.4) is 0 Å². The maximum Gasteiger partial charge on any atom is 0.0861 e. The second-order valence-corrected chi connectivity index (χ2v) is 3.94. The predicted octanol–water partition coefficient (Wildman–Crippen LogP) is 2.83. The highest BCUT2D eigenvalue weighted by molar-refractivity contribution is 8.02. The van der Waals surface area contributed by atoms with Gasteiger partial charge in [0.1, 0.15) is 0 Å². The SMILES string of the molecule is C1=CC(OCc2ccccc2)CS1. The van der Waals surface area contributed by atoms with Gasteiger partial charge in [-0.3, -0.25) is 0 Å². The molecule has 0 radical (unpaired) electrons. The zero-order chi connectivity index (χ0) is 8.93. The molecule has 0 saturated carbocycles. The lowest BCUT2D eigenvalue weighted by Gasteiger charge is -2.08. The van der Waals surface area contributed by atoms with Gasteiger partial charge in [-0.2, -0.15) is 0 Å². The van der Waals surface area contributed by atoms with Crippen molar-refractivity contribution >= 4 is 11.8 Å². The zero-order valence-corrected chi connectivity index (χ0v) is 8.17. The first-order valence-electron chi connectivity index (χ1n) is 4.39. The standard InChI is InChI=1S/C11H12OS/c1-2-4-10(5-3-1)8-12-11-6-7-13-9-11/h1-7,11H,8-9H2. The number of rotatable bonds is 3. The quantitative estimate of drug-likeness (QED) is 0.728. The van der Waals surface area contributed by atoms with E-state index in [1.54, 1.807) is 0 Å². The minimum atomic E-state index is 0.310. The van der Waals surface area contributed by atoms with E-state index in [1.807, 2.05) is 30.0 Å². The van der Waals surface area contributed by atoms with Crippen LogP contribution in [0.5, 0.6) is 0 Å². The Hall–Kier alpha value is -0.730. The summed E-state index contributed by atoms with van der Waals surface area (Å²) in [5.74, 6) is 1.06. The van der Waals surface area contributed by atoms with Crippen molar-refractivity contribution in [3.8, 4) is 0 Å². The van der Waals surface area contributed by atoms with E-state index in [0.717, 1.165) is 12.4 Å². The molecule has 0 spiro atoms. The van der Waals surface area contributed by atoms with Crippen LogP contribution in [0, 0.1) is 0 Å². The number of ether oxygens (including phenoxy) is 1. The molecule has 1 atom stereocenters. The predicted molar refractivity (Wildman–Crippen MR) is 56.6 cm³/mol. The van der Waals surface area contributed by atoms with Crippen LogP contribution in [0.25, 0.3) is 0 Å². The molecule has 1 aromatic rings. The Morgan fingerprint density at radius 3 is 2.85 bits per heavy atom. The molecule has 0 aliphatic carbocycles. The molecular weight excluding hydrogens is 180 g/mol. The Morgan fingerprint density at radius 2 is 2.15 bits per heavy atom. The molecule has 0 amide bonds. The van der Waals surface area contributed by atoms with Crippen LogP contribution >= 0.6 is 11.8 Å². The van der Waals surface area contributed by atoms with Crippen LogP contribution in [0.1, 0.15) is 5.56 Å². The largest absolute Gasteiger partial charge is 0.369 e. The third-order valence-corrected chi connectivity index (χ3v) is 2.83. The first kappa shape index (κ1) is 8.85. The van der Waals surface area contributed by atoms with E-state index in [9.17, 15) is 0 Å². The van der Waals surface area contributed by atoms with E-state index in [-0.39, 0.29) is 0 Å². The maximum atomic E-state index is 5.68. The van der Waals surface area contributed by atoms with Crippen molar-refractivity contribution in [1.82, 2.24) is 0 Å². The van der Waals surface area contributed by atoms with Crippen molar-refractivity contribution in [3.63, 3.8) is 0 Å². The van der Waals surface area contributed by atoms with Gasteiger partial charge in [-0.15, -0.1) is 11.8 Å². The molecule has 1 aliphatic heterocycles. The average Bonchev–Trinajstić information content (AvgIpc) is 2.69. The van der Waals surface area contributed by atoms with Gasteiger partial charge < -0.3 is 4.74 Å². The van der Waals surface area contributed by atoms with E-state index in [0.29, 0.717) is 6.10 Å². The summed E-state index contributed by atoms with van der Waals surface area (Å²) < 4.78 is 5.68. The van der Waals surface area contributed by atoms with Crippen LogP contribution in [0.15, 0.2) is 41.8 Å². The van der Waals surface area contributed by atoms with Gasteiger partial charge >= 0.3 is 0 Å². The molecule has 0 aromatic heterocycles. The van der Waals surface area contributed by atoms with Gasteiger partial charge in [-0.25, -0.2) is 0 Å². The minimum absolute atomic E-state index is 0.310. The lowest BCUT2D eigenvalue weighted by atomic mass is 10.2. The first-order valence-corrected chi connectivity index (χ1v) is 5.44. The van der Waals surface area contributed by atoms with Crippen molar-refractivity contribution in [1.29, 1.82) is 0 Å². The van der Waals surface area contributed by atoms with Gasteiger partial charge in [-0.05, 0) is 17.0 Å². The monoisotopic (exact) mass is 192 g/mol. The molecule has 1 aliphatic rings. The summed E-state index contributed by atoms with van der Waals surface area (Å²) in [6, 6.07) is 10.3. The topological polar surface area (TPSA) is 9.23 Å². The van der Waals surface area contributed by atoms with Crippen LogP contribution in [0.4, 0.5) is 0 Å². The smallest absolute Gasteiger partial charge is 0.0861 e. The molecule has 0 saturated heterocycles. The third-order valence-electron chi connectivity index (χ3n) is 1.96. The molecule has 0 fully saturated rings. The van der Waals surface area contributed by atoms with Gasteiger partial charge in [0.2, 0.25) is 0 Å².